The van der Waals surface area contributed by atoms with Crippen molar-refractivity contribution in [2.75, 3.05) is 12.8 Å². The lowest BCUT2D eigenvalue weighted by molar-refractivity contribution is 0.415. The van der Waals surface area contributed by atoms with Crippen molar-refractivity contribution < 1.29 is 4.74 Å². The van der Waals surface area contributed by atoms with Crippen LogP contribution in [0.3, 0.4) is 0 Å². The molecule has 25 heavy (non-hydrogen) atoms. The molecule has 1 atom stereocenters. The minimum atomic E-state index is -0.108. The predicted octanol–water partition coefficient (Wildman–Crippen LogP) is 4.55. The zero-order chi connectivity index (χ0) is 18.1. The fourth-order valence-electron chi connectivity index (χ4n) is 2.78. The molecule has 0 fully saturated rings. The summed E-state index contributed by atoms with van der Waals surface area (Å²) < 4.78 is 5.19. The summed E-state index contributed by atoms with van der Waals surface area (Å²) in [6.07, 6.45) is 0. The Labute approximate surface area is 154 Å². The van der Waals surface area contributed by atoms with E-state index in [1.807, 2.05) is 25.1 Å². The summed E-state index contributed by atoms with van der Waals surface area (Å²) in [5.74, 6) is 0.496. The number of nitriles is 1. The Hall–Kier alpha value is -2.55. The molecule has 126 valence electrons. The second-order valence-corrected chi connectivity index (χ2v) is 6.32. The standard InChI is InChI=1S/C18H14Cl2N4O/c1-9(10-4-6-14(25-2)13(19)7-10)17-12-5-3-11(8-21)16(22)15(12)18(20)24-23-17/h3-7,9H,22H2,1-2H3. The fraction of sp³-hybridized carbons (Fsp3) is 0.167. The van der Waals surface area contributed by atoms with Gasteiger partial charge in [-0.15, -0.1) is 5.10 Å². The highest BCUT2D eigenvalue weighted by atomic mass is 35.5. The van der Waals surface area contributed by atoms with E-state index < -0.39 is 0 Å². The first-order chi connectivity index (χ1) is 12.0. The van der Waals surface area contributed by atoms with Crippen LogP contribution in [0.5, 0.6) is 5.75 Å². The summed E-state index contributed by atoms with van der Waals surface area (Å²) in [6.45, 7) is 1.99. The molecule has 5 nitrogen and oxygen atoms in total. The highest BCUT2D eigenvalue weighted by Crippen LogP contribution is 2.37. The maximum Gasteiger partial charge on any atom is 0.161 e. The number of nitrogens with zero attached hydrogens (tertiary/aromatic N) is 3. The van der Waals surface area contributed by atoms with Crippen LogP contribution in [0, 0.1) is 11.3 Å². The van der Waals surface area contributed by atoms with Gasteiger partial charge in [-0.1, -0.05) is 42.3 Å². The predicted molar refractivity (Wildman–Crippen MR) is 99.2 cm³/mol. The first-order valence-electron chi connectivity index (χ1n) is 7.45. The second kappa shape index (κ2) is 6.75. The molecule has 3 aromatic rings. The number of ether oxygens (including phenoxy) is 1. The molecule has 0 spiro atoms. The van der Waals surface area contributed by atoms with Gasteiger partial charge >= 0.3 is 0 Å². The molecule has 2 N–H and O–H groups in total. The lowest BCUT2D eigenvalue weighted by Gasteiger charge is -2.16. The van der Waals surface area contributed by atoms with Crippen molar-refractivity contribution in [1.82, 2.24) is 10.2 Å². The summed E-state index contributed by atoms with van der Waals surface area (Å²) in [5, 5.41) is 19.4. The molecular weight excluding hydrogens is 359 g/mol. The monoisotopic (exact) mass is 372 g/mol. The van der Waals surface area contributed by atoms with Crippen LogP contribution >= 0.6 is 23.2 Å². The number of hydrogen-bond acceptors (Lipinski definition) is 5. The highest BCUT2D eigenvalue weighted by molar-refractivity contribution is 6.35. The molecule has 3 rings (SSSR count). The number of nitrogen functional groups attached to an aromatic ring is 1. The summed E-state index contributed by atoms with van der Waals surface area (Å²) in [7, 11) is 1.57. The zero-order valence-corrected chi connectivity index (χ0v) is 15.1. The van der Waals surface area contributed by atoms with E-state index >= 15 is 0 Å². The lowest BCUT2D eigenvalue weighted by Crippen LogP contribution is -2.05. The third-order valence-corrected chi connectivity index (χ3v) is 4.74. The van der Waals surface area contributed by atoms with Gasteiger partial charge in [-0.3, -0.25) is 0 Å². The molecule has 0 aliphatic heterocycles. The van der Waals surface area contributed by atoms with E-state index in [1.54, 1.807) is 19.2 Å². The molecular formula is C18H14Cl2N4O. The Kier molecular flexibility index (Phi) is 4.67. The number of anilines is 1. The van der Waals surface area contributed by atoms with Gasteiger partial charge in [0.25, 0.3) is 0 Å². The quantitative estimate of drug-likeness (QED) is 0.681. The number of fused-ring (bicyclic) bond motifs is 1. The van der Waals surface area contributed by atoms with E-state index in [0.717, 1.165) is 10.9 Å². The van der Waals surface area contributed by atoms with E-state index in [1.165, 1.54) is 0 Å². The summed E-state index contributed by atoms with van der Waals surface area (Å²) in [5.41, 5.74) is 8.41. The molecule has 0 aliphatic rings. The van der Waals surface area contributed by atoms with Crippen LogP contribution in [0.1, 0.15) is 29.7 Å². The number of halogens is 2. The van der Waals surface area contributed by atoms with Crippen LogP contribution in [-0.2, 0) is 0 Å². The van der Waals surface area contributed by atoms with Crippen LogP contribution in [0.2, 0.25) is 10.2 Å². The average Bonchev–Trinajstić information content (AvgIpc) is 2.61. The molecule has 0 amide bonds. The van der Waals surface area contributed by atoms with Crippen molar-refractivity contribution in [2.24, 2.45) is 0 Å². The summed E-state index contributed by atoms with van der Waals surface area (Å²) in [6, 6.07) is 11.1. The third-order valence-electron chi connectivity index (χ3n) is 4.18. The van der Waals surface area contributed by atoms with Crippen molar-refractivity contribution in [3.05, 3.63) is 57.3 Å². The first-order valence-corrected chi connectivity index (χ1v) is 8.21. The Morgan fingerprint density at radius 2 is 1.96 bits per heavy atom. The number of benzene rings is 2. The molecule has 2 aromatic carbocycles. The van der Waals surface area contributed by atoms with Gasteiger partial charge in [0.1, 0.15) is 11.8 Å². The van der Waals surface area contributed by atoms with E-state index in [4.69, 9.17) is 38.9 Å². The maximum atomic E-state index is 9.17. The second-order valence-electron chi connectivity index (χ2n) is 5.55. The number of methoxy groups -OCH3 is 1. The molecule has 0 aliphatic carbocycles. The van der Waals surface area contributed by atoms with Crippen LogP contribution in [0.25, 0.3) is 10.8 Å². The van der Waals surface area contributed by atoms with Crippen LogP contribution < -0.4 is 10.5 Å². The minimum absolute atomic E-state index is 0.108. The number of rotatable bonds is 3. The zero-order valence-electron chi connectivity index (χ0n) is 13.5. The Morgan fingerprint density at radius 3 is 2.60 bits per heavy atom. The van der Waals surface area contributed by atoms with Crippen molar-refractivity contribution in [1.29, 1.82) is 5.26 Å². The van der Waals surface area contributed by atoms with Gasteiger partial charge in [-0.2, -0.15) is 10.4 Å². The van der Waals surface area contributed by atoms with Crippen molar-refractivity contribution >= 4 is 39.7 Å². The van der Waals surface area contributed by atoms with Gasteiger partial charge in [0.2, 0.25) is 0 Å². The largest absolute Gasteiger partial charge is 0.495 e. The van der Waals surface area contributed by atoms with E-state index in [0.29, 0.717) is 33.1 Å². The van der Waals surface area contributed by atoms with Crippen molar-refractivity contribution in [3.8, 4) is 11.8 Å². The van der Waals surface area contributed by atoms with Gasteiger partial charge in [0.15, 0.2) is 5.15 Å². The van der Waals surface area contributed by atoms with Gasteiger partial charge in [0, 0.05) is 16.7 Å². The van der Waals surface area contributed by atoms with Gasteiger partial charge in [-0.05, 0) is 23.8 Å². The van der Waals surface area contributed by atoms with Crippen LogP contribution in [0.15, 0.2) is 30.3 Å². The van der Waals surface area contributed by atoms with E-state index in [9.17, 15) is 0 Å². The van der Waals surface area contributed by atoms with E-state index in [2.05, 4.69) is 16.3 Å². The number of nitrogens with two attached hydrogens (primary N) is 1. The maximum absolute atomic E-state index is 9.17. The normalized spacial score (nSPS) is 12.0. The third kappa shape index (κ3) is 2.95. The van der Waals surface area contributed by atoms with Crippen LogP contribution in [-0.4, -0.2) is 17.3 Å². The minimum Gasteiger partial charge on any atom is -0.495 e. The van der Waals surface area contributed by atoms with E-state index in [-0.39, 0.29) is 11.1 Å². The first kappa shape index (κ1) is 17.3. The summed E-state index contributed by atoms with van der Waals surface area (Å²) >= 11 is 12.4. The smallest absolute Gasteiger partial charge is 0.161 e. The Bertz CT molecular complexity index is 1010. The number of aromatic nitrogens is 2. The topological polar surface area (TPSA) is 84.8 Å². The molecule has 0 saturated heterocycles. The SMILES string of the molecule is COc1ccc(C(C)c2nnc(Cl)c3c(N)c(C#N)ccc23)cc1Cl. The summed E-state index contributed by atoms with van der Waals surface area (Å²) in [4.78, 5) is 0. The Morgan fingerprint density at radius 1 is 1.20 bits per heavy atom. The molecule has 0 radical (unpaired) electrons. The van der Waals surface area contributed by atoms with Crippen molar-refractivity contribution in [3.63, 3.8) is 0 Å². The molecule has 1 heterocycles. The molecule has 1 aromatic heterocycles. The highest BCUT2D eigenvalue weighted by Gasteiger charge is 2.19. The fourth-order valence-corrected chi connectivity index (χ4v) is 3.29. The molecule has 7 heteroatoms. The van der Waals surface area contributed by atoms with Gasteiger partial charge in [-0.25, -0.2) is 0 Å². The average molecular weight is 373 g/mol. The number of hydrogen-bond donors (Lipinski definition) is 1. The van der Waals surface area contributed by atoms with Gasteiger partial charge in [0.05, 0.1) is 29.1 Å². The molecule has 0 saturated carbocycles. The van der Waals surface area contributed by atoms with Gasteiger partial charge < -0.3 is 10.5 Å². The molecule has 0 bridgehead atoms. The van der Waals surface area contributed by atoms with Crippen LogP contribution in [0.4, 0.5) is 5.69 Å². The Balaban J connectivity index is 2.19. The molecule has 1 unspecified atom stereocenters. The van der Waals surface area contributed by atoms with Crippen molar-refractivity contribution in [2.45, 2.75) is 12.8 Å². The lowest BCUT2D eigenvalue weighted by atomic mass is 9.93.